The average Bonchev–Trinajstić information content (AvgIpc) is 3.61. The fraction of sp³-hybridized carbons (Fsp3) is 0.308. The second kappa shape index (κ2) is 11.6. The highest BCUT2D eigenvalue weighted by Crippen LogP contribution is 2.35. The summed E-state index contributed by atoms with van der Waals surface area (Å²) in [6.45, 7) is -0.289. The number of carbonyl (C=O) groups is 3. The molecule has 4 rings (SSSR count). The van der Waals surface area contributed by atoms with Crippen LogP contribution in [0, 0.1) is 0 Å². The van der Waals surface area contributed by atoms with Crippen molar-refractivity contribution < 1.29 is 19.1 Å². The first-order chi connectivity index (χ1) is 17.1. The Labute approximate surface area is 208 Å². The molecule has 9 heteroatoms. The molecule has 8 nitrogen and oxygen atoms in total. The molecule has 0 bridgehead atoms. The SMILES string of the molecule is COc1ccccc1N(C(=O)CNC(=O)c1cccs1)C(C(=O)NC1CCCC1)c1cccnc1. The van der Waals surface area contributed by atoms with Crippen LogP contribution in [0.15, 0.2) is 66.3 Å². The molecule has 2 aromatic heterocycles. The molecule has 2 heterocycles. The van der Waals surface area contributed by atoms with Gasteiger partial charge in [0.05, 0.1) is 24.2 Å². The van der Waals surface area contributed by atoms with Crippen molar-refractivity contribution in [1.82, 2.24) is 15.6 Å². The lowest BCUT2D eigenvalue weighted by atomic mass is 10.0. The summed E-state index contributed by atoms with van der Waals surface area (Å²) in [4.78, 5) is 46.0. The summed E-state index contributed by atoms with van der Waals surface area (Å²) in [7, 11) is 1.51. The first-order valence-corrected chi connectivity index (χ1v) is 12.4. The Morgan fingerprint density at radius 1 is 1.11 bits per heavy atom. The largest absolute Gasteiger partial charge is 0.495 e. The predicted molar refractivity (Wildman–Crippen MR) is 135 cm³/mol. The van der Waals surface area contributed by atoms with Gasteiger partial charge in [-0.1, -0.05) is 37.1 Å². The van der Waals surface area contributed by atoms with Crippen LogP contribution in [0.25, 0.3) is 0 Å². The number of amides is 3. The van der Waals surface area contributed by atoms with Gasteiger partial charge in [0.15, 0.2) is 0 Å². The lowest BCUT2D eigenvalue weighted by molar-refractivity contribution is -0.126. The Hall–Kier alpha value is -3.72. The highest BCUT2D eigenvalue weighted by atomic mass is 32.1. The van der Waals surface area contributed by atoms with Gasteiger partial charge in [0, 0.05) is 24.0 Å². The number of hydrogen-bond acceptors (Lipinski definition) is 6. The van der Waals surface area contributed by atoms with Crippen LogP contribution < -0.4 is 20.3 Å². The van der Waals surface area contributed by atoms with Crippen molar-refractivity contribution in [1.29, 1.82) is 0 Å². The standard InChI is InChI=1S/C26H28N4O4S/c1-34-21-12-5-4-11-20(21)30(23(31)17-28-25(32)22-13-7-15-35-22)24(18-8-6-14-27-16-18)26(33)29-19-9-2-3-10-19/h4-8,11-16,19,24H,2-3,9-10,17H2,1H3,(H,28,32)(H,29,33). The van der Waals surface area contributed by atoms with Gasteiger partial charge in [0.2, 0.25) is 11.8 Å². The number of methoxy groups -OCH3 is 1. The Balaban J connectivity index is 1.70. The third-order valence-corrected chi connectivity index (χ3v) is 6.84. The van der Waals surface area contributed by atoms with E-state index in [0.29, 0.717) is 21.9 Å². The number of nitrogens with zero attached hydrogens (tertiary/aromatic N) is 2. The average molecular weight is 493 g/mol. The number of thiophene rings is 1. The van der Waals surface area contributed by atoms with E-state index in [-0.39, 0.29) is 24.4 Å². The molecule has 0 saturated heterocycles. The molecule has 1 aliphatic rings. The van der Waals surface area contributed by atoms with Gasteiger partial charge in [-0.05, 0) is 42.5 Å². The van der Waals surface area contributed by atoms with Gasteiger partial charge >= 0.3 is 0 Å². The van der Waals surface area contributed by atoms with E-state index < -0.39 is 11.9 Å². The van der Waals surface area contributed by atoms with Crippen molar-refractivity contribution in [2.24, 2.45) is 0 Å². The minimum Gasteiger partial charge on any atom is -0.495 e. The van der Waals surface area contributed by atoms with Gasteiger partial charge in [-0.2, -0.15) is 0 Å². The molecule has 3 amide bonds. The molecule has 1 fully saturated rings. The van der Waals surface area contributed by atoms with Gasteiger partial charge < -0.3 is 15.4 Å². The normalized spacial score (nSPS) is 14.2. The maximum Gasteiger partial charge on any atom is 0.261 e. The first-order valence-electron chi connectivity index (χ1n) is 11.6. The fourth-order valence-electron chi connectivity index (χ4n) is 4.29. The number of carbonyl (C=O) groups excluding carboxylic acids is 3. The molecule has 1 atom stereocenters. The summed E-state index contributed by atoms with van der Waals surface area (Å²) in [5.41, 5.74) is 0.993. The number of hydrogen-bond donors (Lipinski definition) is 2. The predicted octanol–water partition coefficient (Wildman–Crippen LogP) is 3.71. The Bertz CT molecular complexity index is 1150. The second-order valence-electron chi connectivity index (χ2n) is 8.27. The van der Waals surface area contributed by atoms with Crippen LogP contribution in [0.2, 0.25) is 0 Å². The molecular weight excluding hydrogens is 464 g/mol. The van der Waals surface area contributed by atoms with Crippen LogP contribution in [-0.2, 0) is 9.59 Å². The molecule has 35 heavy (non-hydrogen) atoms. The van der Waals surface area contributed by atoms with Gasteiger partial charge in [-0.3, -0.25) is 24.3 Å². The Morgan fingerprint density at radius 2 is 1.91 bits per heavy atom. The first kappa shape index (κ1) is 24.4. The van der Waals surface area contributed by atoms with Crippen molar-refractivity contribution in [2.45, 2.75) is 37.8 Å². The number of pyridine rings is 1. The molecule has 3 aromatic rings. The van der Waals surface area contributed by atoms with Crippen molar-refractivity contribution in [3.63, 3.8) is 0 Å². The van der Waals surface area contributed by atoms with Gasteiger partial charge in [0.25, 0.3) is 5.91 Å². The zero-order valence-electron chi connectivity index (χ0n) is 19.5. The fourth-order valence-corrected chi connectivity index (χ4v) is 4.93. The molecule has 1 saturated carbocycles. The minimum absolute atomic E-state index is 0.0647. The highest BCUT2D eigenvalue weighted by Gasteiger charge is 2.35. The number of nitrogens with one attached hydrogen (secondary N) is 2. The maximum atomic E-state index is 13.7. The van der Waals surface area contributed by atoms with E-state index in [4.69, 9.17) is 4.74 Å². The van der Waals surface area contributed by atoms with E-state index in [2.05, 4.69) is 15.6 Å². The van der Waals surface area contributed by atoms with Crippen LogP contribution in [0.5, 0.6) is 5.75 Å². The molecule has 0 aliphatic heterocycles. The Kier molecular flexibility index (Phi) is 8.10. The van der Waals surface area contributed by atoms with Gasteiger partial charge in [0.1, 0.15) is 11.8 Å². The molecule has 0 radical (unpaired) electrons. The van der Waals surface area contributed by atoms with E-state index in [0.717, 1.165) is 25.7 Å². The molecule has 2 N–H and O–H groups in total. The van der Waals surface area contributed by atoms with Crippen molar-refractivity contribution in [3.8, 4) is 5.75 Å². The summed E-state index contributed by atoms with van der Waals surface area (Å²) in [6.07, 6.45) is 7.14. The topological polar surface area (TPSA) is 101 Å². The van der Waals surface area contributed by atoms with E-state index in [1.807, 2.05) is 0 Å². The highest BCUT2D eigenvalue weighted by molar-refractivity contribution is 7.12. The zero-order valence-corrected chi connectivity index (χ0v) is 20.3. The Morgan fingerprint density at radius 3 is 2.60 bits per heavy atom. The summed E-state index contributed by atoms with van der Waals surface area (Å²) in [5.74, 6) is -0.654. The lowest BCUT2D eigenvalue weighted by Gasteiger charge is -2.33. The van der Waals surface area contributed by atoms with E-state index >= 15 is 0 Å². The second-order valence-corrected chi connectivity index (χ2v) is 9.22. The monoisotopic (exact) mass is 492 g/mol. The van der Waals surface area contributed by atoms with Gasteiger partial charge in [-0.15, -0.1) is 11.3 Å². The van der Waals surface area contributed by atoms with Crippen LogP contribution in [0.1, 0.15) is 47.0 Å². The summed E-state index contributed by atoms with van der Waals surface area (Å²) < 4.78 is 5.53. The molecule has 182 valence electrons. The number of anilines is 1. The zero-order chi connectivity index (χ0) is 24.6. The summed E-state index contributed by atoms with van der Waals surface area (Å²) in [5, 5.41) is 7.60. The summed E-state index contributed by atoms with van der Waals surface area (Å²) >= 11 is 1.29. The number of benzene rings is 1. The van der Waals surface area contributed by atoms with E-state index in [9.17, 15) is 14.4 Å². The molecule has 1 aromatic carbocycles. The third-order valence-electron chi connectivity index (χ3n) is 5.97. The number of aromatic nitrogens is 1. The number of ether oxygens (including phenoxy) is 1. The molecule has 1 aliphatic carbocycles. The van der Waals surface area contributed by atoms with Crippen LogP contribution in [0.3, 0.4) is 0 Å². The van der Waals surface area contributed by atoms with Crippen LogP contribution in [0.4, 0.5) is 5.69 Å². The van der Waals surface area contributed by atoms with Crippen molar-refractivity contribution >= 4 is 34.7 Å². The third kappa shape index (κ3) is 5.86. The molecule has 1 unspecified atom stereocenters. The summed E-state index contributed by atoms with van der Waals surface area (Å²) in [6, 6.07) is 13.1. The van der Waals surface area contributed by atoms with Gasteiger partial charge in [-0.25, -0.2) is 0 Å². The quantitative estimate of drug-likeness (QED) is 0.474. The molecular formula is C26H28N4O4S. The van der Waals surface area contributed by atoms with Crippen LogP contribution in [-0.4, -0.2) is 42.4 Å². The maximum absolute atomic E-state index is 13.7. The van der Waals surface area contributed by atoms with E-state index in [1.165, 1.54) is 23.3 Å². The number of rotatable bonds is 9. The van der Waals surface area contributed by atoms with Crippen molar-refractivity contribution in [3.05, 3.63) is 76.7 Å². The van der Waals surface area contributed by atoms with E-state index in [1.54, 1.807) is 66.3 Å². The minimum atomic E-state index is -0.994. The lowest BCUT2D eigenvalue weighted by Crippen LogP contribution is -2.49. The molecule has 0 spiro atoms. The smallest absolute Gasteiger partial charge is 0.261 e. The van der Waals surface area contributed by atoms with Crippen LogP contribution >= 0.6 is 11.3 Å². The van der Waals surface area contributed by atoms with Crippen molar-refractivity contribution in [2.75, 3.05) is 18.6 Å². The number of para-hydroxylation sites is 2.